The van der Waals surface area contributed by atoms with Gasteiger partial charge in [0.25, 0.3) is 0 Å². The van der Waals surface area contributed by atoms with Gasteiger partial charge in [0, 0.05) is 31.7 Å². The molecule has 27 heavy (non-hydrogen) atoms. The van der Waals surface area contributed by atoms with Crippen molar-refractivity contribution in [2.75, 3.05) is 39.8 Å². The number of nitrogens with zero attached hydrogens (tertiary/aromatic N) is 2. The number of hydrogen-bond donors (Lipinski definition) is 1. The molecule has 5 nitrogen and oxygen atoms in total. The third kappa shape index (κ3) is 6.51. The van der Waals surface area contributed by atoms with Crippen LogP contribution in [0.3, 0.4) is 0 Å². The minimum atomic E-state index is -0.119. The first-order valence-electron chi connectivity index (χ1n) is 10.1. The maximum absolute atomic E-state index is 12.8. The van der Waals surface area contributed by atoms with Gasteiger partial charge in [-0.2, -0.15) is 0 Å². The van der Waals surface area contributed by atoms with E-state index in [-0.39, 0.29) is 18.0 Å². The second-order valence-corrected chi connectivity index (χ2v) is 8.84. The number of nitrogens with one attached hydrogen (secondary N) is 1. The first kappa shape index (κ1) is 21.7. The van der Waals surface area contributed by atoms with E-state index in [0.717, 1.165) is 44.0 Å². The molecule has 1 fully saturated rings. The second-order valence-electron chi connectivity index (χ2n) is 8.84. The zero-order valence-corrected chi connectivity index (χ0v) is 17.9. The molecule has 2 atom stereocenters. The Morgan fingerprint density at radius 3 is 2.37 bits per heavy atom. The van der Waals surface area contributed by atoms with E-state index in [1.54, 1.807) is 7.11 Å². The number of carbonyl (C=O) groups is 1. The predicted octanol–water partition coefficient (Wildman–Crippen LogP) is 3.31. The molecule has 1 aromatic rings. The zero-order valence-electron chi connectivity index (χ0n) is 17.9. The van der Waals surface area contributed by atoms with Crippen LogP contribution in [0.1, 0.15) is 52.6 Å². The Morgan fingerprint density at radius 2 is 1.78 bits per heavy atom. The molecule has 0 aromatic heterocycles. The summed E-state index contributed by atoms with van der Waals surface area (Å²) in [5, 5.41) is 3.15. The Morgan fingerprint density at radius 1 is 1.15 bits per heavy atom. The molecule has 0 saturated carbocycles. The van der Waals surface area contributed by atoms with Crippen LogP contribution >= 0.6 is 0 Å². The van der Waals surface area contributed by atoms with Crippen molar-refractivity contribution in [2.24, 2.45) is 5.41 Å². The van der Waals surface area contributed by atoms with Gasteiger partial charge in [0.2, 0.25) is 5.91 Å². The minimum absolute atomic E-state index is 0.0795. The van der Waals surface area contributed by atoms with Gasteiger partial charge in [0.1, 0.15) is 5.75 Å². The highest BCUT2D eigenvalue weighted by Crippen LogP contribution is 2.24. The summed E-state index contributed by atoms with van der Waals surface area (Å²) < 4.78 is 5.42. The molecule has 1 aromatic carbocycles. The molecule has 1 saturated heterocycles. The third-order valence-electron chi connectivity index (χ3n) is 5.48. The van der Waals surface area contributed by atoms with E-state index >= 15 is 0 Å². The standard InChI is InChI=1S/C22H37N3O2/c1-17(19-9-7-8-10-20(19)27-6)23-21(26)18(2)25-15-13-24(14-16-25)12-11-22(3,4)5/h7-10,17-18H,11-16H2,1-6H3,(H,23,26). The lowest BCUT2D eigenvalue weighted by atomic mass is 9.92. The van der Waals surface area contributed by atoms with Crippen LogP contribution in [0, 0.1) is 5.41 Å². The van der Waals surface area contributed by atoms with Crippen molar-refractivity contribution in [1.29, 1.82) is 0 Å². The Hall–Kier alpha value is -1.59. The number of piperazine rings is 1. The van der Waals surface area contributed by atoms with E-state index in [1.807, 2.05) is 38.1 Å². The van der Waals surface area contributed by atoms with Gasteiger partial charge in [-0.3, -0.25) is 9.69 Å². The van der Waals surface area contributed by atoms with Crippen LogP contribution in [0.15, 0.2) is 24.3 Å². The summed E-state index contributed by atoms with van der Waals surface area (Å²) in [6, 6.07) is 7.65. The fourth-order valence-electron chi connectivity index (χ4n) is 3.47. The lowest BCUT2D eigenvalue weighted by Crippen LogP contribution is -2.54. The van der Waals surface area contributed by atoms with Crippen LogP contribution in [0.5, 0.6) is 5.75 Å². The number of benzene rings is 1. The van der Waals surface area contributed by atoms with E-state index < -0.39 is 0 Å². The van der Waals surface area contributed by atoms with Crippen molar-refractivity contribution in [2.45, 2.75) is 53.1 Å². The fraction of sp³-hybridized carbons (Fsp3) is 0.682. The van der Waals surface area contributed by atoms with E-state index in [9.17, 15) is 4.79 Å². The number of hydrogen-bond acceptors (Lipinski definition) is 4. The molecule has 1 aliphatic rings. The van der Waals surface area contributed by atoms with E-state index in [2.05, 4.69) is 35.9 Å². The molecule has 1 amide bonds. The zero-order chi connectivity index (χ0) is 20.0. The third-order valence-corrected chi connectivity index (χ3v) is 5.48. The molecule has 2 unspecified atom stereocenters. The number of rotatable bonds is 7. The van der Waals surface area contributed by atoms with Gasteiger partial charge in [-0.1, -0.05) is 39.0 Å². The van der Waals surface area contributed by atoms with Crippen molar-refractivity contribution in [3.8, 4) is 5.75 Å². The Bertz CT molecular complexity index is 604. The summed E-state index contributed by atoms with van der Waals surface area (Å²) in [5.41, 5.74) is 1.38. The van der Waals surface area contributed by atoms with Crippen LogP contribution in [0.25, 0.3) is 0 Å². The summed E-state index contributed by atoms with van der Waals surface area (Å²) in [4.78, 5) is 17.6. The molecule has 0 aliphatic carbocycles. The van der Waals surface area contributed by atoms with Gasteiger partial charge in [0.05, 0.1) is 19.2 Å². The molecule has 2 rings (SSSR count). The minimum Gasteiger partial charge on any atom is -0.496 e. The summed E-state index contributed by atoms with van der Waals surface area (Å²) >= 11 is 0. The molecule has 1 aliphatic heterocycles. The van der Waals surface area contributed by atoms with Crippen LogP contribution < -0.4 is 10.1 Å². The average Bonchev–Trinajstić information content (AvgIpc) is 2.65. The topological polar surface area (TPSA) is 44.8 Å². The normalized spacial score (nSPS) is 18.7. The van der Waals surface area contributed by atoms with E-state index in [0.29, 0.717) is 5.41 Å². The summed E-state index contributed by atoms with van der Waals surface area (Å²) in [7, 11) is 1.66. The molecule has 1 heterocycles. The highest BCUT2D eigenvalue weighted by Gasteiger charge is 2.27. The van der Waals surface area contributed by atoms with Crippen LogP contribution in [-0.4, -0.2) is 61.6 Å². The van der Waals surface area contributed by atoms with E-state index in [1.165, 1.54) is 6.42 Å². The number of carbonyl (C=O) groups excluding carboxylic acids is 1. The number of amides is 1. The molecule has 152 valence electrons. The maximum Gasteiger partial charge on any atom is 0.237 e. The smallest absolute Gasteiger partial charge is 0.237 e. The average molecular weight is 376 g/mol. The van der Waals surface area contributed by atoms with Crippen molar-refractivity contribution < 1.29 is 9.53 Å². The first-order valence-corrected chi connectivity index (χ1v) is 10.1. The SMILES string of the molecule is COc1ccccc1C(C)NC(=O)C(C)N1CCN(CCC(C)(C)C)CC1. The molecule has 5 heteroatoms. The van der Waals surface area contributed by atoms with Gasteiger partial charge >= 0.3 is 0 Å². The molecule has 0 spiro atoms. The van der Waals surface area contributed by atoms with Crippen molar-refractivity contribution in [3.05, 3.63) is 29.8 Å². The summed E-state index contributed by atoms with van der Waals surface area (Å²) in [6.07, 6.45) is 1.21. The number of methoxy groups -OCH3 is 1. The van der Waals surface area contributed by atoms with Gasteiger partial charge in [-0.25, -0.2) is 0 Å². The van der Waals surface area contributed by atoms with Gasteiger partial charge in [-0.15, -0.1) is 0 Å². The maximum atomic E-state index is 12.8. The van der Waals surface area contributed by atoms with Crippen molar-refractivity contribution in [1.82, 2.24) is 15.1 Å². The monoisotopic (exact) mass is 375 g/mol. The summed E-state index contributed by atoms with van der Waals surface area (Å²) in [6.45, 7) is 16.0. The Kier molecular flexibility index (Phi) is 7.68. The van der Waals surface area contributed by atoms with Crippen molar-refractivity contribution in [3.63, 3.8) is 0 Å². The molecular weight excluding hydrogens is 338 g/mol. The second kappa shape index (κ2) is 9.56. The highest BCUT2D eigenvalue weighted by atomic mass is 16.5. The highest BCUT2D eigenvalue weighted by molar-refractivity contribution is 5.81. The van der Waals surface area contributed by atoms with Crippen LogP contribution in [0.4, 0.5) is 0 Å². The van der Waals surface area contributed by atoms with Crippen LogP contribution in [-0.2, 0) is 4.79 Å². The fourth-order valence-corrected chi connectivity index (χ4v) is 3.47. The molecule has 1 N–H and O–H groups in total. The predicted molar refractivity (Wildman–Crippen MR) is 111 cm³/mol. The largest absolute Gasteiger partial charge is 0.496 e. The van der Waals surface area contributed by atoms with Gasteiger partial charge < -0.3 is 15.0 Å². The lowest BCUT2D eigenvalue weighted by molar-refractivity contribution is -0.127. The Labute approximate surface area is 165 Å². The molecule has 0 bridgehead atoms. The number of para-hydroxylation sites is 1. The van der Waals surface area contributed by atoms with Crippen LogP contribution in [0.2, 0.25) is 0 Å². The number of ether oxygens (including phenoxy) is 1. The lowest BCUT2D eigenvalue weighted by Gasteiger charge is -2.38. The molecular formula is C22H37N3O2. The Balaban J connectivity index is 1.83. The van der Waals surface area contributed by atoms with Gasteiger partial charge in [0.15, 0.2) is 0 Å². The first-order chi connectivity index (χ1) is 12.7. The van der Waals surface area contributed by atoms with E-state index in [4.69, 9.17) is 4.74 Å². The summed E-state index contributed by atoms with van der Waals surface area (Å²) in [5.74, 6) is 0.891. The molecule has 0 radical (unpaired) electrons. The quantitative estimate of drug-likeness (QED) is 0.794. The van der Waals surface area contributed by atoms with Gasteiger partial charge in [-0.05, 0) is 38.3 Å². The van der Waals surface area contributed by atoms with Crippen molar-refractivity contribution >= 4 is 5.91 Å².